The molecule has 3 heterocycles. The number of amides is 1. The smallest absolute Gasteiger partial charge is 0.234 e. The van der Waals surface area contributed by atoms with Crippen LogP contribution in [0.2, 0.25) is 0 Å². The van der Waals surface area contributed by atoms with E-state index >= 15 is 0 Å². The first-order valence-corrected chi connectivity index (χ1v) is 11.9. The van der Waals surface area contributed by atoms with Gasteiger partial charge in [-0.25, -0.2) is 9.97 Å². The summed E-state index contributed by atoms with van der Waals surface area (Å²) in [5, 5.41) is 4.72. The van der Waals surface area contributed by atoms with Crippen LogP contribution in [0, 0.1) is 6.92 Å². The van der Waals surface area contributed by atoms with Crippen LogP contribution in [0.5, 0.6) is 0 Å². The molecule has 1 amide bonds. The van der Waals surface area contributed by atoms with Gasteiger partial charge in [-0.15, -0.1) is 0 Å². The Labute approximate surface area is 188 Å². The highest BCUT2D eigenvalue weighted by Gasteiger charge is 2.21. The van der Waals surface area contributed by atoms with Gasteiger partial charge in [-0.1, -0.05) is 65.6 Å². The van der Waals surface area contributed by atoms with E-state index in [4.69, 9.17) is 4.98 Å². The number of carbonyl (C=O) groups excluding carboxylic acids is 1. The average molecular weight is 448 g/mol. The van der Waals surface area contributed by atoms with E-state index in [1.165, 1.54) is 29.2 Å². The molecule has 0 saturated carbocycles. The van der Waals surface area contributed by atoms with Gasteiger partial charge in [-0.05, 0) is 36.1 Å². The number of anilines is 2. The first-order chi connectivity index (χ1) is 15.2. The fourth-order valence-corrected chi connectivity index (χ4v) is 5.57. The molecule has 8 heteroatoms. The van der Waals surface area contributed by atoms with Crippen LogP contribution in [-0.4, -0.2) is 33.2 Å². The number of rotatable bonds is 5. The van der Waals surface area contributed by atoms with Crippen molar-refractivity contribution < 1.29 is 4.79 Å². The van der Waals surface area contributed by atoms with Crippen molar-refractivity contribution in [1.29, 1.82) is 0 Å². The molecule has 5 rings (SSSR count). The number of hydrogen-bond acceptors (Lipinski definition) is 7. The molecule has 1 aliphatic heterocycles. The number of aryl methyl sites for hydroxylation is 1. The summed E-state index contributed by atoms with van der Waals surface area (Å²) >= 11 is 3.02. The molecule has 156 valence electrons. The molecule has 1 N–H and O–H groups in total. The molecule has 0 radical (unpaired) electrons. The number of hydrogen-bond donors (Lipinski definition) is 1. The van der Waals surface area contributed by atoms with E-state index in [1.54, 1.807) is 11.3 Å². The monoisotopic (exact) mass is 447 g/mol. The molecule has 2 aromatic carbocycles. The maximum absolute atomic E-state index is 12.4. The van der Waals surface area contributed by atoms with Gasteiger partial charge in [0.2, 0.25) is 5.91 Å². The number of fused-ring (bicyclic) bond motifs is 2. The summed E-state index contributed by atoms with van der Waals surface area (Å²) in [4.78, 5) is 28.3. The fraction of sp³-hybridized carbons (Fsp3) is 0.217. The van der Waals surface area contributed by atoms with Crippen LogP contribution in [-0.2, 0) is 17.8 Å². The highest BCUT2D eigenvalue weighted by molar-refractivity contribution is 8.00. The molecule has 0 atom stereocenters. The summed E-state index contributed by atoms with van der Waals surface area (Å²) in [5.41, 5.74) is 5.33. The topological polar surface area (TPSA) is 71.0 Å². The Balaban J connectivity index is 1.31. The van der Waals surface area contributed by atoms with E-state index in [1.807, 2.05) is 31.2 Å². The number of carbonyl (C=O) groups is 1. The van der Waals surface area contributed by atoms with E-state index in [9.17, 15) is 4.79 Å². The number of aromatic nitrogens is 3. The van der Waals surface area contributed by atoms with Crippen molar-refractivity contribution in [1.82, 2.24) is 15.0 Å². The number of benzene rings is 2. The number of nitrogens with one attached hydrogen (secondary N) is 1. The zero-order valence-electron chi connectivity index (χ0n) is 17.0. The van der Waals surface area contributed by atoms with E-state index in [2.05, 4.69) is 44.5 Å². The van der Waals surface area contributed by atoms with Crippen molar-refractivity contribution in [3.05, 3.63) is 71.5 Å². The molecule has 0 bridgehead atoms. The lowest BCUT2D eigenvalue weighted by atomic mass is 10.0. The minimum Gasteiger partial charge on any atom is -0.343 e. The molecule has 0 saturated heterocycles. The predicted molar refractivity (Wildman–Crippen MR) is 127 cm³/mol. The average Bonchev–Trinajstić information content (AvgIpc) is 3.24. The van der Waals surface area contributed by atoms with Crippen molar-refractivity contribution in [2.24, 2.45) is 0 Å². The molecule has 4 aromatic rings. The van der Waals surface area contributed by atoms with Crippen molar-refractivity contribution in [2.45, 2.75) is 24.9 Å². The molecule has 0 unspecified atom stereocenters. The summed E-state index contributed by atoms with van der Waals surface area (Å²) in [6, 6.07) is 16.3. The molecule has 2 aromatic heterocycles. The molecule has 6 nitrogen and oxygen atoms in total. The van der Waals surface area contributed by atoms with Gasteiger partial charge in [0.15, 0.2) is 10.8 Å². The zero-order valence-corrected chi connectivity index (χ0v) is 18.7. The fourth-order valence-electron chi connectivity index (χ4n) is 3.65. The second kappa shape index (κ2) is 8.64. The lowest BCUT2D eigenvalue weighted by molar-refractivity contribution is -0.113. The number of nitrogens with zero attached hydrogens (tertiary/aromatic N) is 4. The third-order valence-electron chi connectivity index (χ3n) is 5.31. The van der Waals surface area contributed by atoms with Crippen molar-refractivity contribution in [3.8, 4) is 0 Å². The number of para-hydroxylation sites is 1. The zero-order chi connectivity index (χ0) is 21.2. The molecular formula is C23H21N5OS2. The van der Waals surface area contributed by atoms with E-state index in [0.29, 0.717) is 5.65 Å². The molecule has 31 heavy (non-hydrogen) atoms. The second-order valence-electron chi connectivity index (χ2n) is 7.42. The Morgan fingerprint density at radius 3 is 2.81 bits per heavy atom. The van der Waals surface area contributed by atoms with Crippen LogP contribution in [0.3, 0.4) is 0 Å². The minimum absolute atomic E-state index is 0.0524. The van der Waals surface area contributed by atoms with E-state index in [-0.39, 0.29) is 11.7 Å². The van der Waals surface area contributed by atoms with Gasteiger partial charge in [0.25, 0.3) is 0 Å². The number of thioether (sulfide) groups is 1. The lowest BCUT2D eigenvalue weighted by Crippen LogP contribution is -2.30. The third-order valence-corrected chi connectivity index (χ3v) is 7.54. The van der Waals surface area contributed by atoms with E-state index in [0.717, 1.165) is 45.6 Å². The summed E-state index contributed by atoms with van der Waals surface area (Å²) < 4.78 is 0.935. The third kappa shape index (κ3) is 4.26. The van der Waals surface area contributed by atoms with Crippen LogP contribution in [0.1, 0.15) is 16.7 Å². The Bertz CT molecular complexity index is 1260. The van der Waals surface area contributed by atoms with Crippen LogP contribution < -0.4 is 10.2 Å². The minimum atomic E-state index is -0.0524. The highest BCUT2D eigenvalue weighted by atomic mass is 32.2. The van der Waals surface area contributed by atoms with Gasteiger partial charge in [0.1, 0.15) is 16.1 Å². The second-order valence-corrected chi connectivity index (χ2v) is 9.36. The van der Waals surface area contributed by atoms with Crippen LogP contribution >= 0.6 is 23.1 Å². The molecule has 0 spiro atoms. The SMILES string of the molecule is Cc1ccccc1NC(=O)CSc1ncnc2nc(N3CCc4ccccc4C3)sc12. The van der Waals surface area contributed by atoms with Crippen molar-refractivity contribution >= 4 is 50.2 Å². The first kappa shape index (κ1) is 20.0. The van der Waals surface area contributed by atoms with Crippen LogP contribution in [0.4, 0.5) is 10.8 Å². The highest BCUT2D eigenvalue weighted by Crippen LogP contribution is 2.35. The summed E-state index contributed by atoms with van der Waals surface area (Å²) in [7, 11) is 0. The van der Waals surface area contributed by atoms with Gasteiger partial charge in [-0.2, -0.15) is 4.98 Å². The maximum atomic E-state index is 12.4. The summed E-state index contributed by atoms with van der Waals surface area (Å²) in [6.07, 6.45) is 2.54. The lowest BCUT2D eigenvalue weighted by Gasteiger charge is -2.28. The van der Waals surface area contributed by atoms with Gasteiger partial charge < -0.3 is 10.2 Å². The maximum Gasteiger partial charge on any atom is 0.234 e. The van der Waals surface area contributed by atoms with Crippen molar-refractivity contribution in [2.75, 3.05) is 22.5 Å². The van der Waals surface area contributed by atoms with Crippen LogP contribution in [0.15, 0.2) is 59.9 Å². The van der Waals surface area contributed by atoms with E-state index < -0.39 is 0 Å². The van der Waals surface area contributed by atoms with Gasteiger partial charge in [0, 0.05) is 18.8 Å². The van der Waals surface area contributed by atoms with Gasteiger partial charge in [-0.3, -0.25) is 4.79 Å². The van der Waals surface area contributed by atoms with Gasteiger partial charge >= 0.3 is 0 Å². The Morgan fingerprint density at radius 1 is 1.13 bits per heavy atom. The molecule has 1 aliphatic rings. The molecular weight excluding hydrogens is 426 g/mol. The Morgan fingerprint density at radius 2 is 1.94 bits per heavy atom. The molecule has 0 aliphatic carbocycles. The largest absolute Gasteiger partial charge is 0.343 e. The van der Waals surface area contributed by atoms with Crippen molar-refractivity contribution in [3.63, 3.8) is 0 Å². The normalized spacial score (nSPS) is 13.3. The summed E-state index contributed by atoms with van der Waals surface area (Å²) in [6.45, 7) is 3.77. The van der Waals surface area contributed by atoms with Gasteiger partial charge in [0.05, 0.1) is 5.75 Å². The summed E-state index contributed by atoms with van der Waals surface area (Å²) in [5.74, 6) is 0.230. The number of thiazole rings is 1. The van der Waals surface area contributed by atoms with Crippen LogP contribution in [0.25, 0.3) is 10.3 Å². The molecule has 0 fully saturated rings. The predicted octanol–water partition coefficient (Wildman–Crippen LogP) is 4.69. The quantitative estimate of drug-likeness (QED) is 0.354. The first-order valence-electron chi connectivity index (χ1n) is 10.1. The standard InChI is InChI=1S/C23H21N5OS2/c1-15-6-2-5-9-18(15)26-19(29)13-30-22-20-21(24-14-25-22)27-23(31-20)28-11-10-16-7-3-4-8-17(16)12-28/h2-9,14H,10-13H2,1H3,(H,26,29). The Kier molecular flexibility index (Phi) is 5.57. The Hall–Kier alpha value is -2.97.